The van der Waals surface area contributed by atoms with Gasteiger partial charge in [0.25, 0.3) is 0 Å². The third-order valence-electron chi connectivity index (χ3n) is 11.0. The van der Waals surface area contributed by atoms with Gasteiger partial charge in [-0.1, -0.05) is 63.2 Å². The number of amides is 1. The molecule has 8 atom stereocenters. The van der Waals surface area contributed by atoms with E-state index in [0.717, 1.165) is 43.7 Å². The number of carbonyl (C=O) groups excluding carboxylic acids is 1. The highest BCUT2D eigenvalue weighted by atomic mass is 16.7. The average Bonchev–Trinajstić information content (AvgIpc) is 3.37. The molecule has 0 aromatic heterocycles. The minimum absolute atomic E-state index is 0.113. The zero-order valence-electron chi connectivity index (χ0n) is 27.5. The normalized spacial score (nSPS) is 30.2. The largest absolute Gasteiger partial charge is 0.394 e. The van der Waals surface area contributed by atoms with Crippen LogP contribution in [0.4, 0.5) is 5.69 Å². The quantitative estimate of drug-likeness (QED) is 0.318. The van der Waals surface area contributed by atoms with E-state index in [9.17, 15) is 15.0 Å². The van der Waals surface area contributed by atoms with Crippen LogP contribution in [0.15, 0.2) is 54.6 Å². The highest BCUT2D eigenvalue weighted by molar-refractivity contribution is 5.82. The highest BCUT2D eigenvalue weighted by Crippen LogP contribution is 2.61. The lowest BCUT2D eigenvalue weighted by Crippen LogP contribution is -2.62. The second kappa shape index (κ2) is 13.9. The van der Waals surface area contributed by atoms with Crippen molar-refractivity contribution in [2.45, 2.75) is 77.8 Å². The van der Waals surface area contributed by atoms with Crippen LogP contribution in [0.3, 0.4) is 0 Å². The maximum Gasteiger partial charge on any atom is 0.240 e. The zero-order valence-corrected chi connectivity index (χ0v) is 27.5. The summed E-state index contributed by atoms with van der Waals surface area (Å²) >= 11 is 0. The Labute approximate surface area is 264 Å². The third-order valence-corrected chi connectivity index (χ3v) is 11.0. The summed E-state index contributed by atoms with van der Waals surface area (Å²) in [5.41, 5.74) is 3.79. The van der Waals surface area contributed by atoms with E-state index in [1.54, 1.807) is 12.0 Å². The lowest BCUT2D eigenvalue weighted by Gasteiger charge is -2.62. The molecule has 0 unspecified atom stereocenters. The van der Waals surface area contributed by atoms with Crippen molar-refractivity contribution < 1.29 is 19.8 Å². The number of benzene rings is 2. The monoisotopic (exact) mass is 606 g/mol. The van der Waals surface area contributed by atoms with Crippen molar-refractivity contribution in [3.05, 3.63) is 65.7 Å². The number of nitrogens with one attached hydrogen (secondary N) is 1. The predicted molar refractivity (Wildman–Crippen MR) is 175 cm³/mol. The number of aliphatic hydroxyl groups excluding tert-OH is 2. The number of anilines is 1. The van der Waals surface area contributed by atoms with Crippen molar-refractivity contribution >= 4 is 11.6 Å². The van der Waals surface area contributed by atoms with Crippen LogP contribution in [0, 0.1) is 29.1 Å². The molecule has 0 radical (unpaired) electrons. The summed E-state index contributed by atoms with van der Waals surface area (Å²) in [6.45, 7) is 11.5. The standard InChI is InChI=1S/C36H54N4O4/c1-24-30-20-28(36(30,3)4)21-31(24)37-35(43)34-33(25(2)42)32(23-41)44-40(34)22-27-13-10-14-29(19-27)39(18-17-38(5)6)16-15-26-11-8-7-9-12-26/h7-14,19,24-25,28,30-34,41-42H,15-18,20-23H2,1-6H3,(H,37,43)/t24-,25-,28-,30+,31-,32-,33+,34-/m0/s1. The Hall–Kier alpha value is -2.49. The Morgan fingerprint density at radius 2 is 1.80 bits per heavy atom. The van der Waals surface area contributed by atoms with Gasteiger partial charge in [0.05, 0.1) is 19.3 Å². The van der Waals surface area contributed by atoms with Crippen molar-refractivity contribution in [1.82, 2.24) is 15.3 Å². The lowest BCUT2D eigenvalue weighted by atomic mass is 9.45. The molecule has 44 heavy (non-hydrogen) atoms. The van der Waals surface area contributed by atoms with E-state index in [4.69, 9.17) is 4.84 Å². The molecule has 8 heteroatoms. The van der Waals surface area contributed by atoms with Gasteiger partial charge in [-0.05, 0) is 86.7 Å². The second-order valence-electron chi connectivity index (χ2n) is 14.4. The molecule has 3 N–H and O–H groups in total. The topological polar surface area (TPSA) is 88.5 Å². The van der Waals surface area contributed by atoms with Crippen LogP contribution in [0.5, 0.6) is 0 Å². The zero-order chi connectivity index (χ0) is 31.6. The first-order chi connectivity index (χ1) is 21.0. The summed E-state index contributed by atoms with van der Waals surface area (Å²) in [5, 5.41) is 26.1. The molecule has 6 rings (SSSR count). The summed E-state index contributed by atoms with van der Waals surface area (Å²) in [7, 11) is 4.19. The molecule has 3 aliphatic carbocycles. The number of hydrogen-bond acceptors (Lipinski definition) is 7. The first kappa shape index (κ1) is 32.9. The molecule has 0 spiro atoms. The predicted octanol–water partition coefficient (Wildman–Crippen LogP) is 3.96. The van der Waals surface area contributed by atoms with Gasteiger partial charge in [0.15, 0.2) is 0 Å². The fraction of sp³-hybridized carbons (Fsp3) is 0.639. The number of hydroxylamine groups is 2. The summed E-state index contributed by atoms with van der Waals surface area (Å²) in [6, 6.07) is 18.4. The third kappa shape index (κ3) is 7.00. The molecule has 1 saturated heterocycles. The average molecular weight is 607 g/mol. The summed E-state index contributed by atoms with van der Waals surface area (Å²) < 4.78 is 0. The number of aliphatic hydroxyl groups is 2. The number of rotatable bonds is 13. The number of nitrogens with zero attached hydrogens (tertiary/aromatic N) is 3. The molecule has 1 aliphatic heterocycles. The van der Waals surface area contributed by atoms with E-state index in [0.29, 0.717) is 29.7 Å². The van der Waals surface area contributed by atoms with E-state index in [1.807, 2.05) is 6.07 Å². The van der Waals surface area contributed by atoms with E-state index in [1.165, 1.54) is 12.0 Å². The van der Waals surface area contributed by atoms with Crippen LogP contribution in [-0.4, -0.2) is 90.7 Å². The van der Waals surface area contributed by atoms with Crippen molar-refractivity contribution in [2.75, 3.05) is 45.2 Å². The Balaban J connectivity index is 1.33. The smallest absolute Gasteiger partial charge is 0.240 e. The molecule has 4 fully saturated rings. The molecule has 1 heterocycles. The molecule has 2 aromatic carbocycles. The van der Waals surface area contributed by atoms with Gasteiger partial charge in [-0.15, -0.1) is 0 Å². The SMILES string of the molecule is C[C@@H]1[C@@H](NC(=O)[C@@H]2[C@H]([C@H](C)O)[C@H](CO)ON2Cc2cccc(N(CCc3ccccc3)CCN(C)C)c2)C[C@@H]2C[C@H]1C2(C)C. The Morgan fingerprint density at radius 1 is 1.07 bits per heavy atom. The number of likely N-dealkylation sites (N-methyl/N-ethyl adjacent to an activating group) is 1. The van der Waals surface area contributed by atoms with Crippen LogP contribution in [-0.2, 0) is 22.6 Å². The van der Waals surface area contributed by atoms with Gasteiger partial charge in [-0.2, -0.15) is 5.06 Å². The Morgan fingerprint density at radius 3 is 2.43 bits per heavy atom. The van der Waals surface area contributed by atoms with Crippen LogP contribution in [0.25, 0.3) is 0 Å². The van der Waals surface area contributed by atoms with E-state index in [2.05, 4.69) is 98.5 Å². The van der Waals surface area contributed by atoms with Gasteiger partial charge in [-0.25, -0.2) is 0 Å². The molecule has 2 aromatic rings. The maximum atomic E-state index is 14.0. The Kier molecular flexibility index (Phi) is 10.4. The number of fused-ring (bicyclic) bond motifs is 2. The van der Waals surface area contributed by atoms with Crippen LogP contribution < -0.4 is 10.2 Å². The molecule has 8 nitrogen and oxygen atoms in total. The molecule has 1 amide bonds. The molecular weight excluding hydrogens is 552 g/mol. The molecule has 3 saturated carbocycles. The van der Waals surface area contributed by atoms with E-state index >= 15 is 0 Å². The second-order valence-corrected chi connectivity index (χ2v) is 14.4. The maximum absolute atomic E-state index is 14.0. The van der Waals surface area contributed by atoms with Crippen LogP contribution in [0.1, 0.15) is 51.7 Å². The van der Waals surface area contributed by atoms with Crippen LogP contribution in [0.2, 0.25) is 0 Å². The fourth-order valence-corrected chi connectivity index (χ4v) is 8.12. The van der Waals surface area contributed by atoms with Crippen molar-refractivity contribution in [3.63, 3.8) is 0 Å². The van der Waals surface area contributed by atoms with Gasteiger partial charge in [-0.3, -0.25) is 9.63 Å². The molecule has 4 aliphatic rings. The molecule has 242 valence electrons. The van der Waals surface area contributed by atoms with Gasteiger partial charge >= 0.3 is 0 Å². The summed E-state index contributed by atoms with van der Waals surface area (Å²) in [4.78, 5) is 24.9. The number of carbonyl (C=O) groups is 1. The molecular formula is C36H54N4O4. The van der Waals surface area contributed by atoms with Gasteiger partial charge in [0.1, 0.15) is 12.1 Å². The van der Waals surface area contributed by atoms with E-state index < -0.39 is 24.2 Å². The summed E-state index contributed by atoms with van der Waals surface area (Å²) in [5.74, 6) is 0.988. The van der Waals surface area contributed by atoms with Crippen molar-refractivity contribution in [3.8, 4) is 0 Å². The summed E-state index contributed by atoms with van der Waals surface area (Å²) in [6.07, 6.45) is 1.72. The first-order valence-corrected chi connectivity index (χ1v) is 16.5. The lowest BCUT2D eigenvalue weighted by molar-refractivity contribution is -0.183. The minimum Gasteiger partial charge on any atom is -0.394 e. The van der Waals surface area contributed by atoms with Gasteiger partial charge in [0, 0.05) is 37.3 Å². The van der Waals surface area contributed by atoms with Gasteiger partial charge < -0.3 is 25.3 Å². The fourth-order valence-electron chi connectivity index (χ4n) is 8.12. The van der Waals surface area contributed by atoms with Crippen molar-refractivity contribution in [2.24, 2.45) is 29.1 Å². The Bertz CT molecular complexity index is 1240. The molecule has 2 bridgehead atoms. The first-order valence-electron chi connectivity index (χ1n) is 16.5. The van der Waals surface area contributed by atoms with Crippen molar-refractivity contribution in [1.29, 1.82) is 0 Å². The van der Waals surface area contributed by atoms with Gasteiger partial charge in [0.2, 0.25) is 5.91 Å². The van der Waals surface area contributed by atoms with E-state index in [-0.39, 0.29) is 18.6 Å². The minimum atomic E-state index is -0.810. The highest BCUT2D eigenvalue weighted by Gasteiger charge is 2.57. The number of hydrogen-bond donors (Lipinski definition) is 3. The van der Waals surface area contributed by atoms with Crippen LogP contribution >= 0.6 is 0 Å².